The monoisotopic (exact) mass is 239 g/mol. The summed E-state index contributed by atoms with van der Waals surface area (Å²) < 4.78 is 5.75. The van der Waals surface area contributed by atoms with E-state index in [-0.39, 0.29) is 0 Å². The summed E-state index contributed by atoms with van der Waals surface area (Å²) in [4.78, 5) is 0. The van der Waals surface area contributed by atoms with Gasteiger partial charge >= 0.3 is 0 Å². The van der Waals surface area contributed by atoms with Crippen LogP contribution in [0.4, 0.5) is 0 Å². The van der Waals surface area contributed by atoms with Crippen molar-refractivity contribution >= 4 is 0 Å². The SMILES string of the molecule is NC(CCC1CCCC1)CCC1CCCCO1. The molecule has 2 aliphatic rings. The second-order valence-corrected chi connectivity index (χ2v) is 6.05. The molecule has 0 spiro atoms. The quantitative estimate of drug-likeness (QED) is 0.768. The van der Waals surface area contributed by atoms with Crippen molar-refractivity contribution in [1.29, 1.82) is 0 Å². The van der Waals surface area contributed by atoms with Crippen LogP contribution >= 0.6 is 0 Å². The first kappa shape index (κ1) is 13.4. The fourth-order valence-electron chi connectivity index (χ4n) is 3.33. The minimum absolute atomic E-state index is 0.418. The van der Waals surface area contributed by atoms with Crippen molar-refractivity contribution in [1.82, 2.24) is 0 Å². The summed E-state index contributed by atoms with van der Waals surface area (Å²) in [6.07, 6.45) is 15.2. The van der Waals surface area contributed by atoms with Gasteiger partial charge in [0.2, 0.25) is 0 Å². The molecule has 100 valence electrons. The van der Waals surface area contributed by atoms with E-state index in [0.717, 1.165) is 18.9 Å². The molecule has 0 aromatic rings. The van der Waals surface area contributed by atoms with Gasteiger partial charge in [0.25, 0.3) is 0 Å². The third-order valence-electron chi connectivity index (χ3n) is 4.55. The molecule has 2 heteroatoms. The maximum Gasteiger partial charge on any atom is 0.0575 e. The largest absolute Gasteiger partial charge is 0.378 e. The maximum atomic E-state index is 6.21. The summed E-state index contributed by atoms with van der Waals surface area (Å²) in [6.45, 7) is 0.974. The van der Waals surface area contributed by atoms with Crippen LogP contribution in [0.15, 0.2) is 0 Å². The van der Waals surface area contributed by atoms with Crippen molar-refractivity contribution in [2.75, 3.05) is 6.61 Å². The second-order valence-electron chi connectivity index (χ2n) is 6.05. The summed E-state index contributed by atoms with van der Waals surface area (Å²) in [5, 5.41) is 0. The molecule has 0 aromatic carbocycles. The third-order valence-corrected chi connectivity index (χ3v) is 4.55. The molecule has 1 aliphatic heterocycles. The zero-order chi connectivity index (χ0) is 11.9. The van der Waals surface area contributed by atoms with Crippen LogP contribution in [0.3, 0.4) is 0 Å². The lowest BCUT2D eigenvalue weighted by atomic mass is 9.95. The number of rotatable bonds is 6. The van der Waals surface area contributed by atoms with Gasteiger partial charge in [-0.05, 0) is 50.9 Å². The molecule has 1 saturated carbocycles. The van der Waals surface area contributed by atoms with Crippen molar-refractivity contribution < 1.29 is 4.74 Å². The van der Waals surface area contributed by atoms with E-state index < -0.39 is 0 Å². The number of hydrogen-bond acceptors (Lipinski definition) is 2. The highest BCUT2D eigenvalue weighted by Gasteiger charge is 2.18. The average Bonchev–Trinajstić information content (AvgIpc) is 2.88. The first-order chi connectivity index (χ1) is 8.34. The van der Waals surface area contributed by atoms with Crippen LogP contribution in [0.25, 0.3) is 0 Å². The molecule has 2 N–H and O–H groups in total. The number of nitrogens with two attached hydrogens (primary N) is 1. The molecule has 1 aliphatic carbocycles. The Morgan fingerprint density at radius 1 is 0.941 bits per heavy atom. The molecule has 2 nitrogen and oxygen atoms in total. The van der Waals surface area contributed by atoms with Crippen LogP contribution in [-0.2, 0) is 4.74 Å². The Balaban J connectivity index is 1.52. The Labute approximate surface area is 106 Å². The molecule has 2 atom stereocenters. The highest BCUT2D eigenvalue weighted by atomic mass is 16.5. The van der Waals surface area contributed by atoms with Gasteiger partial charge in [0.1, 0.15) is 0 Å². The van der Waals surface area contributed by atoms with Gasteiger partial charge in [-0.25, -0.2) is 0 Å². The highest BCUT2D eigenvalue weighted by molar-refractivity contribution is 4.73. The summed E-state index contributed by atoms with van der Waals surface area (Å²) >= 11 is 0. The molecule has 0 radical (unpaired) electrons. The van der Waals surface area contributed by atoms with E-state index in [2.05, 4.69) is 0 Å². The van der Waals surface area contributed by atoms with Crippen LogP contribution in [0.2, 0.25) is 0 Å². The Morgan fingerprint density at radius 2 is 1.65 bits per heavy atom. The van der Waals surface area contributed by atoms with E-state index in [1.54, 1.807) is 0 Å². The Morgan fingerprint density at radius 3 is 2.35 bits per heavy atom. The Hall–Kier alpha value is -0.0800. The molecule has 1 heterocycles. The van der Waals surface area contributed by atoms with Gasteiger partial charge < -0.3 is 10.5 Å². The fraction of sp³-hybridized carbons (Fsp3) is 1.00. The van der Waals surface area contributed by atoms with Gasteiger partial charge in [0, 0.05) is 12.6 Å². The van der Waals surface area contributed by atoms with Gasteiger partial charge in [0.05, 0.1) is 6.10 Å². The average molecular weight is 239 g/mol. The normalized spacial score (nSPS) is 28.4. The predicted molar refractivity (Wildman–Crippen MR) is 72.0 cm³/mol. The second kappa shape index (κ2) is 7.38. The predicted octanol–water partition coefficient (Wildman–Crippen LogP) is 3.63. The van der Waals surface area contributed by atoms with Crippen LogP contribution < -0.4 is 5.73 Å². The molecule has 1 saturated heterocycles. The minimum atomic E-state index is 0.418. The van der Waals surface area contributed by atoms with Gasteiger partial charge in [0.15, 0.2) is 0 Å². The van der Waals surface area contributed by atoms with Crippen LogP contribution in [0.5, 0.6) is 0 Å². The zero-order valence-electron chi connectivity index (χ0n) is 11.2. The van der Waals surface area contributed by atoms with E-state index in [9.17, 15) is 0 Å². The number of hydrogen-bond donors (Lipinski definition) is 1. The zero-order valence-corrected chi connectivity index (χ0v) is 11.2. The van der Waals surface area contributed by atoms with E-state index in [0.29, 0.717) is 12.1 Å². The topological polar surface area (TPSA) is 35.2 Å². The lowest BCUT2D eigenvalue weighted by Crippen LogP contribution is -2.25. The van der Waals surface area contributed by atoms with E-state index in [4.69, 9.17) is 10.5 Å². The van der Waals surface area contributed by atoms with Crippen LogP contribution in [0.1, 0.15) is 70.6 Å². The van der Waals surface area contributed by atoms with Crippen LogP contribution in [0, 0.1) is 5.92 Å². The molecule has 2 fully saturated rings. The summed E-state index contributed by atoms with van der Waals surface area (Å²) in [5.41, 5.74) is 6.21. The molecular weight excluding hydrogens is 210 g/mol. The minimum Gasteiger partial charge on any atom is -0.378 e. The van der Waals surface area contributed by atoms with Gasteiger partial charge in [-0.3, -0.25) is 0 Å². The van der Waals surface area contributed by atoms with Crippen molar-refractivity contribution in [3.05, 3.63) is 0 Å². The summed E-state index contributed by atoms with van der Waals surface area (Å²) in [5.74, 6) is 0.993. The lowest BCUT2D eigenvalue weighted by molar-refractivity contribution is 0.00897. The van der Waals surface area contributed by atoms with Crippen LogP contribution in [-0.4, -0.2) is 18.8 Å². The molecular formula is C15H29NO. The molecule has 2 rings (SSSR count). The standard InChI is InChI=1S/C15H29NO/c16-14(9-8-13-5-1-2-6-13)10-11-15-7-3-4-12-17-15/h13-15H,1-12,16H2. The van der Waals surface area contributed by atoms with Crippen molar-refractivity contribution in [2.45, 2.75) is 82.8 Å². The molecule has 17 heavy (non-hydrogen) atoms. The van der Waals surface area contributed by atoms with Crippen molar-refractivity contribution in [3.8, 4) is 0 Å². The van der Waals surface area contributed by atoms with Gasteiger partial charge in [-0.2, -0.15) is 0 Å². The Kier molecular flexibility index (Phi) is 5.79. The first-order valence-electron chi connectivity index (χ1n) is 7.72. The number of ether oxygens (including phenoxy) is 1. The molecule has 0 amide bonds. The summed E-state index contributed by atoms with van der Waals surface area (Å²) in [7, 11) is 0. The Bertz CT molecular complexity index is 195. The van der Waals surface area contributed by atoms with Crippen molar-refractivity contribution in [3.63, 3.8) is 0 Å². The third kappa shape index (κ3) is 4.97. The summed E-state index contributed by atoms with van der Waals surface area (Å²) in [6, 6.07) is 0.418. The van der Waals surface area contributed by atoms with E-state index in [1.165, 1.54) is 64.2 Å². The van der Waals surface area contributed by atoms with E-state index >= 15 is 0 Å². The van der Waals surface area contributed by atoms with Crippen molar-refractivity contribution in [2.24, 2.45) is 11.7 Å². The van der Waals surface area contributed by atoms with E-state index in [1.807, 2.05) is 0 Å². The molecule has 0 aromatic heterocycles. The van der Waals surface area contributed by atoms with Gasteiger partial charge in [-0.1, -0.05) is 25.7 Å². The highest BCUT2D eigenvalue weighted by Crippen LogP contribution is 2.29. The fourth-order valence-corrected chi connectivity index (χ4v) is 3.33. The molecule has 0 bridgehead atoms. The molecule has 2 unspecified atom stereocenters. The maximum absolute atomic E-state index is 6.21. The smallest absolute Gasteiger partial charge is 0.0575 e. The lowest BCUT2D eigenvalue weighted by Gasteiger charge is -2.24. The first-order valence-corrected chi connectivity index (χ1v) is 7.72. The van der Waals surface area contributed by atoms with Gasteiger partial charge in [-0.15, -0.1) is 0 Å².